The first kappa shape index (κ1) is 14.5. The van der Waals surface area contributed by atoms with Crippen molar-refractivity contribution in [3.05, 3.63) is 23.8 Å². The third-order valence-electron chi connectivity index (χ3n) is 3.19. The maximum absolute atomic E-state index is 5.37. The van der Waals surface area contributed by atoms with Gasteiger partial charge in [-0.05, 0) is 24.1 Å². The summed E-state index contributed by atoms with van der Waals surface area (Å²) in [6, 6.07) is 5.97. The van der Waals surface area contributed by atoms with Crippen LogP contribution >= 0.6 is 0 Å². The molecular weight excluding hydrogens is 254 g/mol. The molecule has 1 aromatic rings. The zero-order valence-corrected chi connectivity index (χ0v) is 12.2. The summed E-state index contributed by atoms with van der Waals surface area (Å²) < 4.78 is 10.7. The van der Waals surface area contributed by atoms with Gasteiger partial charge in [-0.3, -0.25) is 4.99 Å². The van der Waals surface area contributed by atoms with Crippen LogP contribution in [0, 0.1) is 0 Å². The lowest BCUT2D eigenvalue weighted by Crippen LogP contribution is -2.37. The SMILES string of the molecule is CCCCCNC(=NC)NCc1ccc2c(c1)OCO2. The number of guanidine groups is 1. The van der Waals surface area contributed by atoms with E-state index in [2.05, 4.69) is 22.5 Å². The molecule has 0 radical (unpaired) electrons. The summed E-state index contributed by atoms with van der Waals surface area (Å²) in [5.74, 6) is 2.46. The normalized spacial score (nSPS) is 13.4. The number of hydrogen-bond donors (Lipinski definition) is 2. The third-order valence-corrected chi connectivity index (χ3v) is 3.19. The molecule has 0 spiro atoms. The zero-order chi connectivity index (χ0) is 14.2. The van der Waals surface area contributed by atoms with Gasteiger partial charge >= 0.3 is 0 Å². The largest absolute Gasteiger partial charge is 0.454 e. The maximum Gasteiger partial charge on any atom is 0.231 e. The molecule has 2 N–H and O–H groups in total. The molecule has 1 heterocycles. The number of benzene rings is 1. The second-order valence-electron chi connectivity index (χ2n) is 4.75. The molecular formula is C15H23N3O2. The van der Waals surface area contributed by atoms with Gasteiger partial charge in [0.2, 0.25) is 6.79 Å². The van der Waals surface area contributed by atoms with E-state index in [0.29, 0.717) is 13.3 Å². The van der Waals surface area contributed by atoms with E-state index in [-0.39, 0.29) is 0 Å². The molecule has 0 saturated heterocycles. The molecule has 5 nitrogen and oxygen atoms in total. The van der Waals surface area contributed by atoms with E-state index in [9.17, 15) is 0 Å². The Bertz CT molecular complexity index is 460. The highest BCUT2D eigenvalue weighted by molar-refractivity contribution is 5.79. The summed E-state index contributed by atoms with van der Waals surface area (Å²) in [6.07, 6.45) is 3.64. The van der Waals surface area contributed by atoms with Crippen LogP contribution in [0.2, 0.25) is 0 Å². The van der Waals surface area contributed by atoms with Crippen molar-refractivity contribution in [2.45, 2.75) is 32.7 Å². The van der Waals surface area contributed by atoms with Crippen LogP contribution in [0.1, 0.15) is 31.7 Å². The first-order valence-electron chi connectivity index (χ1n) is 7.16. The van der Waals surface area contributed by atoms with Crippen LogP contribution in [0.3, 0.4) is 0 Å². The molecule has 1 aliphatic rings. The molecule has 1 aromatic carbocycles. The van der Waals surface area contributed by atoms with E-state index < -0.39 is 0 Å². The van der Waals surface area contributed by atoms with Gasteiger partial charge in [0.05, 0.1) is 0 Å². The minimum Gasteiger partial charge on any atom is -0.454 e. The van der Waals surface area contributed by atoms with Gasteiger partial charge in [0.1, 0.15) is 0 Å². The highest BCUT2D eigenvalue weighted by atomic mass is 16.7. The zero-order valence-electron chi connectivity index (χ0n) is 12.2. The molecule has 20 heavy (non-hydrogen) atoms. The smallest absolute Gasteiger partial charge is 0.231 e. The fourth-order valence-corrected chi connectivity index (χ4v) is 2.04. The van der Waals surface area contributed by atoms with Crippen LogP contribution in [0.15, 0.2) is 23.2 Å². The first-order valence-corrected chi connectivity index (χ1v) is 7.16. The van der Waals surface area contributed by atoms with Gasteiger partial charge in [0.15, 0.2) is 17.5 Å². The highest BCUT2D eigenvalue weighted by Crippen LogP contribution is 2.32. The summed E-state index contributed by atoms with van der Waals surface area (Å²) in [4.78, 5) is 4.21. The summed E-state index contributed by atoms with van der Waals surface area (Å²) in [5.41, 5.74) is 1.14. The van der Waals surface area contributed by atoms with Gasteiger partial charge in [-0.15, -0.1) is 0 Å². The molecule has 0 aromatic heterocycles. The number of nitrogens with zero attached hydrogens (tertiary/aromatic N) is 1. The molecule has 5 heteroatoms. The Kier molecular flexibility index (Phi) is 5.53. The minimum absolute atomic E-state index is 0.312. The number of fused-ring (bicyclic) bond motifs is 1. The van der Waals surface area contributed by atoms with E-state index >= 15 is 0 Å². The van der Waals surface area contributed by atoms with Crippen molar-refractivity contribution in [1.82, 2.24) is 10.6 Å². The number of nitrogens with one attached hydrogen (secondary N) is 2. The molecule has 0 amide bonds. The average Bonchev–Trinajstić information content (AvgIpc) is 2.94. The van der Waals surface area contributed by atoms with Crippen molar-refractivity contribution in [3.8, 4) is 11.5 Å². The minimum atomic E-state index is 0.312. The molecule has 2 rings (SSSR count). The van der Waals surface area contributed by atoms with E-state index in [1.807, 2.05) is 18.2 Å². The predicted molar refractivity (Wildman–Crippen MR) is 80.3 cm³/mol. The fraction of sp³-hybridized carbons (Fsp3) is 0.533. The monoisotopic (exact) mass is 277 g/mol. The van der Waals surface area contributed by atoms with Crippen molar-refractivity contribution >= 4 is 5.96 Å². The van der Waals surface area contributed by atoms with Crippen molar-refractivity contribution in [1.29, 1.82) is 0 Å². The molecule has 0 saturated carbocycles. The molecule has 1 aliphatic heterocycles. The Morgan fingerprint density at radius 1 is 1.20 bits per heavy atom. The van der Waals surface area contributed by atoms with Crippen molar-refractivity contribution in [3.63, 3.8) is 0 Å². The lowest BCUT2D eigenvalue weighted by atomic mass is 10.2. The molecule has 110 valence electrons. The lowest BCUT2D eigenvalue weighted by molar-refractivity contribution is 0.174. The quantitative estimate of drug-likeness (QED) is 0.476. The van der Waals surface area contributed by atoms with Crippen LogP contribution < -0.4 is 20.1 Å². The third kappa shape index (κ3) is 4.05. The predicted octanol–water partition coefficient (Wildman–Crippen LogP) is 2.27. The van der Waals surface area contributed by atoms with Gasteiger partial charge in [0, 0.05) is 20.1 Å². The Labute approximate surface area is 120 Å². The van der Waals surface area contributed by atoms with Crippen molar-refractivity contribution in [2.24, 2.45) is 4.99 Å². The molecule has 0 bridgehead atoms. The van der Waals surface area contributed by atoms with Gasteiger partial charge in [-0.25, -0.2) is 0 Å². The number of unbranched alkanes of at least 4 members (excludes halogenated alkanes) is 2. The summed E-state index contributed by atoms with van der Waals surface area (Å²) in [6.45, 7) is 4.18. The number of ether oxygens (including phenoxy) is 2. The summed E-state index contributed by atoms with van der Waals surface area (Å²) in [7, 11) is 1.79. The van der Waals surface area contributed by atoms with Crippen molar-refractivity contribution in [2.75, 3.05) is 20.4 Å². The highest BCUT2D eigenvalue weighted by Gasteiger charge is 2.13. The van der Waals surface area contributed by atoms with E-state index in [4.69, 9.17) is 9.47 Å². The Morgan fingerprint density at radius 3 is 2.85 bits per heavy atom. The second-order valence-corrected chi connectivity index (χ2v) is 4.75. The van der Waals surface area contributed by atoms with Gasteiger partial charge < -0.3 is 20.1 Å². The summed E-state index contributed by atoms with van der Waals surface area (Å²) >= 11 is 0. The second kappa shape index (κ2) is 7.62. The van der Waals surface area contributed by atoms with Crippen LogP contribution in [-0.4, -0.2) is 26.3 Å². The fourth-order valence-electron chi connectivity index (χ4n) is 2.04. The van der Waals surface area contributed by atoms with Gasteiger partial charge in [-0.2, -0.15) is 0 Å². The first-order chi connectivity index (χ1) is 9.83. The van der Waals surface area contributed by atoms with Gasteiger partial charge in [0.25, 0.3) is 0 Å². The van der Waals surface area contributed by atoms with E-state index in [1.54, 1.807) is 7.05 Å². The Morgan fingerprint density at radius 2 is 2.05 bits per heavy atom. The standard InChI is InChI=1S/C15H23N3O2/c1-3-4-5-8-17-15(16-2)18-10-12-6-7-13-14(9-12)20-11-19-13/h6-7,9H,3-5,8,10-11H2,1-2H3,(H2,16,17,18). The molecule has 0 atom stereocenters. The number of rotatable bonds is 6. The van der Waals surface area contributed by atoms with Crippen LogP contribution in [-0.2, 0) is 6.54 Å². The summed E-state index contributed by atoms with van der Waals surface area (Å²) in [5, 5.41) is 6.61. The molecule has 0 aliphatic carbocycles. The number of hydrogen-bond acceptors (Lipinski definition) is 3. The maximum atomic E-state index is 5.37. The Hall–Kier alpha value is -1.91. The van der Waals surface area contributed by atoms with E-state index in [0.717, 1.165) is 29.6 Å². The van der Waals surface area contributed by atoms with Gasteiger partial charge in [-0.1, -0.05) is 25.8 Å². The van der Waals surface area contributed by atoms with Crippen LogP contribution in [0.25, 0.3) is 0 Å². The van der Waals surface area contributed by atoms with Crippen molar-refractivity contribution < 1.29 is 9.47 Å². The average molecular weight is 277 g/mol. The topological polar surface area (TPSA) is 54.9 Å². The van der Waals surface area contributed by atoms with Crippen LogP contribution in [0.5, 0.6) is 11.5 Å². The Balaban J connectivity index is 1.78. The van der Waals surface area contributed by atoms with Crippen LogP contribution in [0.4, 0.5) is 0 Å². The number of aliphatic imine (C=N–C) groups is 1. The van der Waals surface area contributed by atoms with E-state index in [1.165, 1.54) is 19.3 Å². The molecule has 0 unspecified atom stereocenters. The molecule has 0 fully saturated rings. The lowest BCUT2D eigenvalue weighted by Gasteiger charge is -2.12.